The highest BCUT2D eigenvalue weighted by Crippen LogP contribution is 2.07. The van der Waals surface area contributed by atoms with Crippen LogP contribution in [0, 0.1) is 18.2 Å². The molecule has 0 aliphatic rings. The Hall–Kier alpha value is -1.62. The van der Waals surface area contributed by atoms with Gasteiger partial charge in [0.15, 0.2) is 5.78 Å². The van der Waals surface area contributed by atoms with Crippen molar-refractivity contribution in [3.63, 3.8) is 0 Å². The van der Waals surface area contributed by atoms with Crippen LogP contribution in [0.3, 0.4) is 0 Å². The number of Topliss-reactive ketones (excluding diaryl/α,β-unsaturated/α-hetero) is 1. The number of ketones is 1. The molecule has 0 saturated carbocycles. The number of halogens is 1. The number of hydrogen-bond acceptors (Lipinski definition) is 1. The Labute approximate surface area is 76.6 Å². The van der Waals surface area contributed by atoms with Gasteiger partial charge in [0.25, 0.3) is 0 Å². The summed E-state index contributed by atoms with van der Waals surface area (Å²) >= 11 is 0. The zero-order chi connectivity index (χ0) is 9.68. The van der Waals surface area contributed by atoms with Crippen LogP contribution >= 0.6 is 0 Å². The molecule has 1 aromatic carbocycles. The van der Waals surface area contributed by atoms with Gasteiger partial charge in [0.05, 0.1) is 0 Å². The maximum Gasteiger partial charge on any atom is 0.163 e. The smallest absolute Gasteiger partial charge is 0.163 e. The minimum Gasteiger partial charge on any atom is -0.294 e. The summed E-state index contributed by atoms with van der Waals surface area (Å²) in [4.78, 5) is 11.3. The quantitative estimate of drug-likeness (QED) is 0.510. The van der Waals surface area contributed by atoms with Crippen molar-refractivity contribution < 1.29 is 9.18 Å². The van der Waals surface area contributed by atoms with Gasteiger partial charge >= 0.3 is 0 Å². The molecule has 0 amide bonds. The van der Waals surface area contributed by atoms with E-state index >= 15 is 0 Å². The molecule has 0 fully saturated rings. The Morgan fingerprint density at radius 1 is 1.54 bits per heavy atom. The summed E-state index contributed by atoms with van der Waals surface area (Å²) in [5.74, 6) is 1.86. The Morgan fingerprint density at radius 2 is 2.31 bits per heavy atom. The SMILES string of the molecule is C#CCCC(=O)c1cccc(F)c1. The van der Waals surface area contributed by atoms with Gasteiger partial charge in [-0.05, 0) is 12.1 Å². The predicted molar refractivity (Wildman–Crippen MR) is 48.8 cm³/mol. The third-order valence-electron chi connectivity index (χ3n) is 1.64. The van der Waals surface area contributed by atoms with Crippen LogP contribution in [0.4, 0.5) is 4.39 Å². The third-order valence-corrected chi connectivity index (χ3v) is 1.64. The molecule has 0 radical (unpaired) electrons. The van der Waals surface area contributed by atoms with Crippen LogP contribution in [0.15, 0.2) is 24.3 Å². The van der Waals surface area contributed by atoms with Crippen LogP contribution < -0.4 is 0 Å². The van der Waals surface area contributed by atoms with E-state index in [2.05, 4.69) is 5.92 Å². The lowest BCUT2D eigenvalue weighted by Gasteiger charge is -1.97. The average Bonchev–Trinajstić information content (AvgIpc) is 2.14. The second-order valence-electron chi connectivity index (χ2n) is 2.64. The van der Waals surface area contributed by atoms with Gasteiger partial charge in [0.2, 0.25) is 0 Å². The van der Waals surface area contributed by atoms with Crippen LogP contribution in [-0.4, -0.2) is 5.78 Å². The van der Waals surface area contributed by atoms with Crippen LogP contribution in [0.25, 0.3) is 0 Å². The van der Waals surface area contributed by atoms with Crippen molar-refractivity contribution in [2.45, 2.75) is 12.8 Å². The van der Waals surface area contributed by atoms with E-state index < -0.39 is 5.82 Å². The number of rotatable bonds is 3. The molecule has 0 atom stereocenters. The van der Waals surface area contributed by atoms with Crippen molar-refractivity contribution in [1.29, 1.82) is 0 Å². The Balaban J connectivity index is 2.72. The first kappa shape index (κ1) is 9.47. The molecule has 1 nitrogen and oxygen atoms in total. The molecular weight excluding hydrogens is 167 g/mol. The minimum absolute atomic E-state index is 0.113. The van der Waals surface area contributed by atoms with E-state index in [9.17, 15) is 9.18 Å². The summed E-state index contributed by atoms with van der Waals surface area (Å²) in [5, 5.41) is 0. The van der Waals surface area contributed by atoms with Gasteiger partial charge in [-0.15, -0.1) is 12.3 Å². The lowest BCUT2D eigenvalue weighted by molar-refractivity contribution is 0.0984. The van der Waals surface area contributed by atoms with E-state index in [1.54, 1.807) is 6.07 Å². The standard InChI is InChI=1S/C11H9FO/c1-2-3-7-11(13)9-5-4-6-10(12)8-9/h1,4-6,8H,3,7H2. The molecule has 0 aromatic heterocycles. The Kier molecular flexibility index (Phi) is 3.22. The van der Waals surface area contributed by atoms with Crippen LogP contribution in [0.2, 0.25) is 0 Å². The summed E-state index contributed by atoms with van der Waals surface area (Å²) in [6, 6.07) is 5.62. The highest BCUT2D eigenvalue weighted by molar-refractivity contribution is 5.96. The van der Waals surface area contributed by atoms with Crippen molar-refractivity contribution in [1.82, 2.24) is 0 Å². The van der Waals surface area contributed by atoms with Gasteiger partial charge in [0.1, 0.15) is 5.82 Å². The predicted octanol–water partition coefficient (Wildman–Crippen LogP) is 2.42. The molecule has 0 unspecified atom stereocenters. The zero-order valence-electron chi connectivity index (χ0n) is 7.09. The molecule has 0 N–H and O–H groups in total. The molecule has 2 heteroatoms. The lowest BCUT2D eigenvalue weighted by Crippen LogP contribution is -1.98. The van der Waals surface area contributed by atoms with Crippen LogP contribution in [0.5, 0.6) is 0 Å². The molecule has 0 aliphatic carbocycles. The zero-order valence-corrected chi connectivity index (χ0v) is 7.09. The molecule has 0 saturated heterocycles. The fourth-order valence-electron chi connectivity index (χ4n) is 0.992. The Bertz CT molecular complexity index is 349. The fraction of sp³-hybridized carbons (Fsp3) is 0.182. The largest absolute Gasteiger partial charge is 0.294 e. The van der Waals surface area contributed by atoms with E-state index in [1.807, 2.05) is 0 Å². The van der Waals surface area contributed by atoms with Gasteiger partial charge in [-0.1, -0.05) is 12.1 Å². The highest BCUT2D eigenvalue weighted by atomic mass is 19.1. The monoisotopic (exact) mass is 176 g/mol. The van der Waals surface area contributed by atoms with Crippen molar-refractivity contribution >= 4 is 5.78 Å². The minimum atomic E-state index is -0.397. The first-order valence-electron chi connectivity index (χ1n) is 3.96. The fourth-order valence-corrected chi connectivity index (χ4v) is 0.992. The lowest BCUT2D eigenvalue weighted by atomic mass is 10.1. The molecule has 0 spiro atoms. The van der Waals surface area contributed by atoms with E-state index in [4.69, 9.17) is 6.42 Å². The van der Waals surface area contributed by atoms with E-state index in [0.29, 0.717) is 12.0 Å². The summed E-state index contributed by atoms with van der Waals surface area (Å²) < 4.78 is 12.7. The summed E-state index contributed by atoms with van der Waals surface area (Å²) in [7, 11) is 0. The van der Waals surface area contributed by atoms with Gasteiger partial charge < -0.3 is 0 Å². The summed E-state index contributed by atoms with van der Waals surface area (Å²) in [6.45, 7) is 0. The molecule has 66 valence electrons. The van der Waals surface area contributed by atoms with E-state index in [1.165, 1.54) is 18.2 Å². The molecule has 0 aliphatic heterocycles. The average molecular weight is 176 g/mol. The molecule has 13 heavy (non-hydrogen) atoms. The van der Waals surface area contributed by atoms with Crippen LogP contribution in [0.1, 0.15) is 23.2 Å². The van der Waals surface area contributed by atoms with Gasteiger partial charge in [-0.25, -0.2) is 4.39 Å². The van der Waals surface area contributed by atoms with Gasteiger partial charge in [0, 0.05) is 18.4 Å². The van der Waals surface area contributed by atoms with Crippen molar-refractivity contribution in [3.8, 4) is 12.3 Å². The number of carbonyl (C=O) groups excluding carboxylic acids is 1. The van der Waals surface area contributed by atoms with Crippen molar-refractivity contribution in [2.24, 2.45) is 0 Å². The molecular formula is C11H9FO. The number of carbonyl (C=O) groups is 1. The van der Waals surface area contributed by atoms with E-state index in [0.717, 1.165) is 0 Å². The highest BCUT2D eigenvalue weighted by Gasteiger charge is 2.04. The summed E-state index contributed by atoms with van der Waals surface area (Å²) in [6.07, 6.45) is 5.68. The molecule has 1 rings (SSSR count). The second kappa shape index (κ2) is 4.42. The maximum absolute atomic E-state index is 12.7. The first-order chi connectivity index (χ1) is 6.24. The first-order valence-corrected chi connectivity index (χ1v) is 3.96. The van der Waals surface area contributed by atoms with Crippen molar-refractivity contribution in [2.75, 3.05) is 0 Å². The van der Waals surface area contributed by atoms with Gasteiger partial charge in [-0.3, -0.25) is 4.79 Å². The van der Waals surface area contributed by atoms with Crippen molar-refractivity contribution in [3.05, 3.63) is 35.6 Å². The maximum atomic E-state index is 12.7. The van der Waals surface area contributed by atoms with E-state index in [-0.39, 0.29) is 12.2 Å². The summed E-state index contributed by atoms with van der Waals surface area (Å²) in [5.41, 5.74) is 0.384. The second-order valence-corrected chi connectivity index (χ2v) is 2.64. The van der Waals surface area contributed by atoms with Gasteiger partial charge in [-0.2, -0.15) is 0 Å². The van der Waals surface area contributed by atoms with Crippen LogP contribution in [-0.2, 0) is 0 Å². The molecule has 1 aromatic rings. The number of benzene rings is 1. The Morgan fingerprint density at radius 3 is 2.92 bits per heavy atom. The topological polar surface area (TPSA) is 17.1 Å². The molecule has 0 bridgehead atoms. The number of terminal acetylenes is 1. The third kappa shape index (κ3) is 2.72. The number of hydrogen-bond donors (Lipinski definition) is 0. The normalized spacial score (nSPS) is 9.23. The molecule has 0 heterocycles.